The van der Waals surface area contributed by atoms with Crippen LogP contribution in [0.1, 0.15) is 37.8 Å². The number of hydrogen-bond acceptors (Lipinski definition) is 5. The summed E-state index contributed by atoms with van der Waals surface area (Å²) in [5, 5.41) is 0. The molecule has 0 saturated carbocycles. The number of morpholine rings is 1. The van der Waals surface area contributed by atoms with Crippen LogP contribution < -0.4 is 0 Å². The van der Waals surface area contributed by atoms with Crippen molar-refractivity contribution in [3.05, 3.63) is 35.4 Å². The highest BCUT2D eigenvalue weighted by Gasteiger charge is 2.19. The maximum Gasteiger partial charge on any atom is 0.410 e. The first kappa shape index (κ1) is 20.2. The Morgan fingerprint density at radius 3 is 2.27 bits per heavy atom. The van der Waals surface area contributed by atoms with Gasteiger partial charge < -0.3 is 19.1 Å². The van der Waals surface area contributed by atoms with Gasteiger partial charge in [0.25, 0.3) is 0 Å². The molecule has 0 spiro atoms. The molecule has 0 aliphatic carbocycles. The van der Waals surface area contributed by atoms with Crippen LogP contribution >= 0.6 is 0 Å². The summed E-state index contributed by atoms with van der Waals surface area (Å²) in [4.78, 5) is 25.6. The largest absolute Gasteiger partial charge is 0.462 e. The molecule has 1 aliphatic rings. The zero-order valence-corrected chi connectivity index (χ0v) is 15.9. The van der Waals surface area contributed by atoms with Crippen molar-refractivity contribution in [2.45, 2.75) is 33.1 Å². The van der Waals surface area contributed by atoms with E-state index in [0.717, 1.165) is 12.0 Å². The van der Waals surface area contributed by atoms with Gasteiger partial charge in [0.05, 0.1) is 19.1 Å². The van der Waals surface area contributed by atoms with Gasteiger partial charge in [0.15, 0.2) is 0 Å². The predicted molar refractivity (Wildman–Crippen MR) is 98.1 cm³/mol. The molecule has 144 valence electrons. The highest BCUT2D eigenvalue weighted by atomic mass is 16.6. The summed E-state index contributed by atoms with van der Waals surface area (Å²) in [6, 6.07) is 8.07. The Kier molecular flexibility index (Phi) is 7.91. The first-order chi connectivity index (χ1) is 12.5. The van der Waals surface area contributed by atoms with E-state index in [-0.39, 0.29) is 25.1 Å². The summed E-state index contributed by atoms with van der Waals surface area (Å²) in [6.07, 6.45) is 0.631. The smallest absolute Gasteiger partial charge is 0.410 e. The Morgan fingerprint density at radius 1 is 1.04 bits per heavy atom. The molecule has 2 rings (SSSR count). The third-order valence-corrected chi connectivity index (χ3v) is 4.30. The van der Waals surface area contributed by atoms with Crippen molar-refractivity contribution in [3.8, 4) is 0 Å². The van der Waals surface area contributed by atoms with Gasteiger partial charge in [-0.05, 0) is 30.4 Å². The number of ether oxygens (including phenoxy) is 3. The average molecular weight is 363 g/mol. The second-order valence-electron chi connectivity index (χ2n) is 6.94. The van der Waals surface area contributed by atoms with Crippen LogP contribution in [-0.4, -0.2) is 56.5 Å². The minimum Gasteiger partial charge on any atom is -0.462 e. The van der Waals surface area contributed by atoms with Gasteiger partial charge in [0, 0.05) is 13.1 Å². The number of carbonyl (C=O) groups is 2. The SMILES string of the molecule is CC(C)Cc1ccc(C(C)C(=O)OCCOC(=O)N2CCOCC2)cc1. The summed E-state index contributed by atoms with van der Waals surface area (Å²) in [5.41, 5.74) is 2.19. The normalized spacial score (nSPS) is 15.6. The molecule has 1 fully saturated rings. The molecule has 0 N–H and O–H groups in total. The van der Waals surface area contributed by atoms with Crippen molar-refractivity contribution in [2.75, 3.05) is 39.5 Å². The second kappa shape index (κ2) is 10.2. The summed E-state index contributed by atoms with van der Waals surface area (Å²) in [6.45, 7) is 8.41. The van der Waals surface area contributed by atoms with E-state index in [9.17, 15) is 9.59 Å². The summed E-state index contributed by atoms with van der Waals surface area (Å²) >= 11 is 0. The highest BCUT2D eigenvalue weighted by Crippen LogP contribution is 2.18. The third-order valence-electron chi connectivity index (χ3n) is 4.30. The van der Waals surface area contributed by atoms with Gasteiger partial charge in [-0.25, -0.2) is 4.79 Å². The predicted octanol–water partition coefficient (Wildman–Crippen LogP) is 3.00. The van der Waals surface area contributed by atoms with Crippen molar-refractivity contribution < 1.29 is 23.8 Å². The highest BCUT2D eigenvalue weighted by molar-refractivity contribution is 5.77. The first-order valence-electron chi connectivity index (χ1n) is 9.22. The number of hydrogen-bond donors (Lipinski definition) is 0. The maximum absolute atomic E-state index is 12.2. The van der Waals surface area contributed by atoms with Gasteiger partial charge in [-0.3, -0.25) is 4.79 Å². The van der Waals surface area contributed by atoms with Gasteiger partial charge in [-0.2, -0.15) is 0 Å². The zero-order valence-electron chi connectivity index (χ0n) is 15.9. The fourth-order valence-electron chi connectivity index (χ4n) is 2.78. The molecule has 1 aliphatic heterocycles. The molecule has 1 heterocycles. The van der Waals surface area contributed by atoms with E-state index >= 15 is 0 Å². The minimum atomic E-state index is -0.391. The van der Waals surface area contributed by atoms with E-state index in [1.165, 1.54) is 5.56 Å². The molecule has 0 aromatic heterocycles. The molecule has 1 amide bonds. The van der Waals surface area contributed by atoms with Crippen LogP contribution in [0.15, 0.2) is 24.3 Å². The topological polar surface area (TPSA) is 65.1 Å². The monoisotopic (exact) mass is 363 g/mol. The molecular weight excluding hydrogens is 334 g/mol. The van der Waals surface area contributed by atoms with Crippen LogP contribution in [-0.2, 0) is 25.4 Å². The van der Waals surface area contributed by atoms with E-state index in [2.05, 4.69) is 26.0 Å². The van der Waals surface area contributed by atoms with E-state index in [0.29, 0.717) is 32.2 Å². The van der Waals surface area contributed by atoms with Crippen molar-refractivity contribution in [1.82, 2.24) is 4.90 Å². The standard InChI is InChI=1S/C20H29NO5/c1-15(2)14-17-4-6-18(7-5-17)16(3)19(22)25-12-13-26-20(23)21-8-10-24-11-9-21/h4-7,15-16H,8-14H2,1-3H3. The summed E-state index contributed by atoms with van der Waals surface area (Å²) in [5.74, 6) is -0.0644. The van der Waals surface area contributed by atoms with Crippen molar-refractivity contribution in [1.29, 1.82) is 0 Å². The molecule has 1 unspecified atom stereocenters. The quantitative estimate of drug-likeness (QED) is 0.550. The number of rotatable bonds is 7. The van der Waals surface area contributed by atoms with E-state index in [4.69, 9.17) is 14.2 Å². The lowest BCUT2D eigenvalue weighted by atomic mass is 9.97. The Labute approximate surface area is 155 Å². The van der Waals surface area contributed by atoms with Gasteiger partial charge in [-0.1, -0.05) is 38.1 Å². The summed E-state index contributed by atoms with van der Waals surface area (Å²) in [7, 11) is 0. The van der Waals surface area contributed by atoms with E-state index in [1.807, 2.05) is 19.1 Å². The minimum absolute atomic E-state index is 0.0575. The molecule has 0 radical (unpaired) electrons. The number of nitrogens with zero attached hydrogens (tertiary/aromatic N) is 1. The van der Waals surface area contributed by atoms with Crippen molar-refractivity contribution in [2.24, 2.45) is 5.92 Å². The van der Waals surface area contributed by atoms with Crippen LogP contribution in [0.25, 0.3) is 0 Å². The Bertz CT molecular complexity index is 578. The molecule has 6 heteroatoms. The number of carbonyl (C=O) groups excluding carboxylic acids is 2. The number of esters is 1. The molecule has 26 heavy (non-hydrogen) atoms. The zero-order chi connectivity index (χ0) is 18.9. The van der Waals surface area contributed by atoms with Gasteiger partial charge in [-0.15, -0.1) is 0 Å². The lowest BCUT2D eigenvalue weighted by Gasteiger charge is -2.25. The van der Waals surface area contributed by atoms with Crippen molar-refractivity contribution in [3.63, 3.8) is 0 Å². The molecule has 1 aromatic carbocycles. The molecule has 1 atom stereocenters. The van der Waals surface area contributed by atoms with Gasteiger partial charge >= 0.3 is 12.1 Å². The van der Waals surface area contributed by atoms with E-state index < -0.39 is 6.09 Å². The Morgan fingerprint density at radius 2 is 1.65 bits per heavy atom. The Balaban J connectivity index is 1.70. The lowest BCUT2D eigenvalue weighted by molar-refractivity contribution is -0.146. The van der Waals surface area contributed by atoms with Crippen molar-refractivity contribution >= 4 is 12.1 Å². The summed E-state index contributed by atoms with van der Waals surface area (Å²) < 4.78 is 15.5. The average Bonchev–Trinajstić information content (AvgIpc) is 2.65. The van der Waals surface area contributed by atoms with Crippen LogP contribution in [0.3, 0.4) is 0 Å². The van der Waals surface area contributed by atoms with Crippen LogP contribution in [0.5, 0.6) is 0 Å². The first-order valence-corrected chi connectivity index (χ1v) is 9.22. The fourth-order valence-corrected chi connectivity index (χ4v) is 2.78. The van der Waals surface area contributed by atoms with Gasteiger partial charge in [0.2, 0.25) is 0 Å². The molecule has 6 nitrogen and oxygen atoms in total. The maximum atomic E-state index is 12.2. The fraction of sp³-hybridized carbons (Fsp3) is 0.600. The lowest BCUT2D eigenvalue weighted by Crippen LogP contribution is -2.41. The molecule has 1 aromatic rings. The Hall–Kier alpha value is -2.08. The number of amides is 1. The van der Waals surface area contributed by atoms with Crippen LogP contribution in [0.4, 0.5) is 4.79 Å². The second-order valence-corrected chi connectivity index (χ2v) is 6.94. The number of benzene rings is 1. The third kappa shape index (κ3) is 6.33. The molecular formula is C20H29NO5. The molecule has 1 saturated heterocycles. The van der Waals surface area contributed by atoms with Crippen LogP contribution in [0.2, 0.25) is 0 Å². The van der Waals surface area contributed by atoms with Gasteiger partial charge in [0.1, 0.15) is 13.2 Å². The van der Waals surface area contributed by atoms with Crippen LogP contribution in [0, 0.1) is 5.92 Å². The molecule has 0 bridgehead atoms. The van der Waals surface area contributed by atoms with E-state index in [1.54, 1.807) is 4.90 Å².